The average Bonchev–Trinajstić information content (AvgIpc) is 3.04. The zero-order valence-corrected chi connectivity index (χ0v) is 10.7. The van der Waals surface area contributed by atoms with Crippen LogP contribution in [0.5, 0.6) is 0 Å². The van der Waals surface area contributed by atoms with Crippen molar-refractivity contribution < 1.29 is 4.42 Å². The third-order valence-corrected chi connectivity index (χ3v) is 3.28. The predicted octanol–water partition coefficient (Wildman–Crippen LogP) is 2.66. The Bertz CT molecular complexity index is 937. The quantitative estimate of drug-likeness (QED) is 0.551. The molecule has 0 aliphatic heterocycles. The molecule has 0 aliphatic rings. The number of furan rings is 1. The summed E-state index contributed by atoms with van der Waals surface area (Å²) < 4.78 is 5.92. The highest BCUT2D eigenvalue weighted by atomic mass is 16.3. The number of imidazole rings is 1. The van der Waals surface area contributed by atoms with Crippen LogP contribution < -0.4 is 5.73 Å². The van der Waals surface area contributed by atoms with E-state index >= 15 is 0 Å². The Morgan fingerprint density at radius 1 is 1.25 bits per heavy atom. The summed E-state index contributed by atoms with van der Waals surface area (Å²) in [6.45, 7) is 2.01. The first-order valence-corrected chi connectivity index (χ1v) is 6.18. The van der Waals surface area contributed by atoms with Crippen LogP contribution >= 0.6 is 0 Å². The van der Waals surface area contributed by atoms with Gasteiger partial charge in [-0.15, -0.1) is 0 Å². The number of anilines is 1. The van der Waals surface area contributed by atoms with E-state index < -0.39 is 0 Å². The van der Waals surface area contributed by atoms with Gasteiger partial charge in [-0.05, 0) is 18.6 Å². The summed E-state index contributed by atoms with van der Waals surface area (Å²) in [5.41, 5.74) is 9.54. The molecule has 6 nitrogen and oxygen atoms in total. The summed E-state index contributed by atoms with van der Waals surface area (Å²) >= 11 is 0. The van der Waals surface area contributed by atoms with Crippen molar-refractivity contribution in [2.45, 2.75) is 6.92 Å². The number of rotatable bonds is 1. The van der Waals surface area contributed by atoms with Gasteiger partial charge in [0.2, 0.25) is 5.95 Å². The number of nitrogen functional groups attached to an aromatic ring is 1. The van der Waals surface area contributed by atoms with Crippen molar-refractivity contribution in [1.29, 1.82) is 0 Å². The number of hydrogen-bond donors (Lipinski definition) is 2. The highest BCUT2D eigenvalue weighted by molar-refractivity contribution is 5.91. The molecule has 0 aliphatic carbocycles. The first-order valence-electron chi connectivity index (χ1n) is 6.18. The van der Waals surface area contributed by atoms with E-state index in [2.05, 4.69) is 19.9 Å². The van der Waals surface area contributed by atoms with E-state index in [-0.39, 0.29) is 5.95 Å². The van der Waals surface area contributed by atoms with Crippen LogP contribution in [0.15, 0.2) is 35.0 Å². The third kappa shape index (κ3) is 1.48. The van der Waals surface area contributed by atoms with Crippen molar-refractivity contribution in [2.24, 2.45) is 0 Å². The van der Waals surface area contributed by atoms with Gasteiger partial charge in [-0.2, -0.15) is 4.98 Å². The number of aromatic amines is 1. The monoisotopic (exact) mass is 265 g/mol. The zero-order valence-electron chi connectivity index (χ0n) is 10.7. The van der Waals surface area contributed by atoms with E-state index in [9.17, 15) is 0 Å². The Kier molecular flexibility index (Phi) is 2.09. The topological polar surface area (TPSA) is 93.6 Å². The van der Waals surface area contributed by atoms with Gasteiger partial charge in [0.25, 0.3) is 0 Å². The fourth-order valence-electron chi connectivity index (χ4n) is 2.35. The summed E-state index contributed by atoms with van der Waals surface area (Å²) in [4.78, 5) is 15.5. The summed E-state index contributed by atoms with van der Waals surface area (Å²) in [7, 11) is 0. The number of nitrogens with one attached hydrogen (secondary N) is 1. The normalized spacial score (nSPS) is 11.4. The second-order valence-electron chi connectivity index (χ2n) is 4.64. The standard InChI is InChI=1S/C14H11N5O/c1-7-3-2-4-8-5-9(20-12(7)8)10-11-13(17-6-16-11)19-14(15)18-10/h2-6H,1H3,(H3,15,16,17,18,19). The lowest BCUT2D eigenvalue weighted by molar-refractivity contribution is 0.626. The van der Waals surface area contributed by atoms with Crippen molar-refractivity contribution in [1.82, 2.24) is 19.9 Å². The molecule has 3 N–H and O–H groups in total. The molecule has 3 heterocycles. The highest BCUT2D eigenvalue weighted by Gasteiger charge is 2.15. The van der Waals surface area contributed by atoms with Gasteiger partial charge < -0.3 is 15.1 Å². The van der Waals surface area contributed by atoms with Gasteiger partial charge >= 0.3 is 0 Å². The molecule has 1 aromatic carbocycles. The van der Waals surface area contributed by atoms with Crippen molar-refractivity contribution in [3.05, 3.63) is 36.2 Å². The van der Waals surface area contributed by atoms with Crippen LogP contribution in [-0.4, -0.2) is 19.9 Å². The Morgan fingerprint density at radius 2 is 2.15 bits per heavy atom. The molecular weight excluding hydrogens is 254 g/mol. The Morgan fingerprint density at radius 3 is 3.00 bits per heavy atom. The van der Waals surface area contributed by atoms with Gasteiger partial charge in [0, 0.05) is 5.39 Å². The number of benzene rings is 1. The predicted molar refractivity (Wildman–Crippen MR) is 76.0 cm³/mol. The molecule has 4 aromatic rings. The Balaban J connectivity index is 2.05. The highest BCUT2D eigenvalue weighted by Crippen LogP contribution is 2.31. The average molecular weight is 265 g/mol. The van der Waals surface area contributed by atoms with Gasteiger partial charge in [0.15, 0.2) is 11.4 Å². The number of nitrogens with zero attached hydrogens (tertiary/aromatic N) is 3. The van der Waals surface area contributed by atoms with Gasteiger partial charge in [-0.1, -0.05) is 18.2 Å². The number of fused-ring (bicyclic) bond motifs is 2. The number of hydrogen-bond acceptors (Lipinski definition) is 5. The van der Waals surface area contributed by atoms with Crippen LogP contribution in [0.4, 0.5) is 5.95 Å². The molecular formula is C14H11N5O. The molecule has 0 fully saturated rings. The van der Waals surface area contributed by atoms with Crippen molar-refractivity contribution in [3.63, 3.8) is 0 Å². The molecule has 0 saturated heterocycles. The molecule has 0 spiro atoms. The molecule has 0 saturated carbocycles. The first kappa shape index (κ1) is 11.0. The van der Waals surface area contributed by atoms with Gasteiger partial charge in [-0.3, -0.25) is 0 Å². The SMILES string of the molecule is Cc1cccc2cc(-c3nc(N)nc4nc[nH]c34)oc12. The van der Waals surface area contributed by atoms with E-state index in [0.29, 0.717) is 17.1 Å². The zero-order chi connectivity index (χ0) is 13.7. The lowest BCUT2D eigenvalue weighted by Crippen LogP contribution is -1.97. The second-order valence-corrected chi connectivity index (χ2v) is 4.64. The summed E-state index contributed by atoms with van der Waals surface area (Å²) in [6, 6.07) is 7.96. The lowest BCUT2D eigenvalue weighted by Gasteiger charge is -1.99. The Labute approximate surface area is 113 Å². The summed E-state index contributed by atoms with van der Waals surface area (Å²) in [5.74, 6) is 0.828. The number of para-hydroxylation sites is 1. The number of aromatic nitrogens is 4. The van der Waals surface area contributed by atoms with E-state index in [1.165, 1.54) is 0 Å². The summed E-state index contributed by atoms with van der Waals surface area (Å²) in [5, 5.41) is 1.03. The van der Waals surface area contributed by atoms with Crippen molar-refractivity contribution in [3.8, 4) is 11.5 Å². The fourth-order valence-corrected chi connectivity index (χ4v) is 2.35. The van der Waals surface area contributed by atoms with Crippen LogP contribution in [0.25, 0.3) is 33.6 Å². The third-order valence-electron chi connectivity index (χ3n) is 3.28. The number of H-pyrrole nitrogens is 1. The lowest BCUT2D eigenvalue weighted by atomic mass is 10.2. The van der Waals surface area contributed by atoms with Crippen LogP contribution in [0.1, 0.15) is 5.56 Å². The smallest absolute Gasteiger partial charge is 0.222 e. The molecule has 0 radical (unpaired) electrons. The molecule has 0 atom stereocenters. The van der Waals surface area contributed by atoms with Crippen LogP contribution in [0.2, 0.25) is 0 Å². The molecule has 0 bridgehead atoms. The minimum atomic E-state index is 0.178. The van der Waals surface area contributed by atoms with Gasteiger partial charge in [0.05, 0.1) is 6.33 Å². The molecule has 4 rings (SSSR count). The van der Waals surface area contributed by atoms with Crippen LogP contribution in [0, 0.1) is 6.92 Å². The van der Waals surface area contributed by atoms with Crippen LogP contribution in [-0.2, 0) is 0 Å². The molecule has 0 unspecified atom stereocenters. The molecule has 3 aromatic heterocycles. The number of aryl methyl sites for hydroxylation is 1. The maximum Gasteiger partial charge on any atom is 0.222 e. The minimum absolute atomic E-state index is 0.178. The molecule has 98 valence electrons. The second kappa shape index (κ2) is 3.80. The first-order chi connectivity index (χ1) is 9.72. The summed E-state index contributed by atoms with van der Waals surface area (Å²) in [6.07, 6.45) is 1.57. The van der Waals surface area contributed by atoms with E-state index in [1.807, 2.05) is 31.2 Å². The van der Waals surface area contributed by atoms with Gasteiger partial charge in [0.1, 0.15) is 16.8 Å². The fraction of sp³-hybridized carbons (Fsp3) is 0.0714. The number of nitrogens with two attached hydrogens (primary N) is 1. The van der Waals surface area contributed by atoms with Crippen LogP contribution in [0.3, 0.4) is 0 Å². The van der Waals surface area contributed by atoms with E-state index in [1.54, 1.807) is 6.33 Å². The van der Waals surface area contributed by atoms with E-state index in [4.69, 9.17) is 10.2 Å². The van der Waals surface area contributed by atoms with E-state index in [0.717, 1.165) is 22.0 Å². The molecule has 20 heavy (non-hydrogen) atoms. The molecule has 6 heteroatoms. The molecule has 0 amide bonds. The maximum atomic E-state index is 5.92. The Hall–Kier alpha value is -2.89. The largest absolute Gasteiger partial charge is 0.454 e. The minimum Gasteiger partial charge on any atom is -0.454 e. The maximum absolute atomic E-state index is 5.92. The van der Waals surface area contributed by atoms with Crippen molar-refractivity contribution >= 4 is 28.1 Å². The van der Waals surface area contributed by atoms with Gasteiger partial charge in [-0.25, -0.2) is 9.97 Å². The van der Waals surface area contributed by atoms with Crippen molar-refractivity contribution in [2.75, 3.05) is 5.73 Å².